The zero-order chi connectivity index (χ0) is 16.6. The molecule has 0 unspecified atom stereocenters. The Morgan fingerprint density at radius 2 is 1.83 bits per heavy atom. The summed E-state index contributed by atoms with van der Waals surface area (Å²) < 4.78 is 3.20. The van der Waals surface area contributed by atoms with Crippen LogP contribution in [-0.2, 0) is 11.8 Å². The van der Waals surface area contributed by atoms with E-state index >= 15 is 0 Å². The first-order valence-electron chi connectivity index (χ1n) is 7.82. The highest BCUT2D eigenvalue weighted by Crippen LogP contribution is 2.30. The van der Waals surface area contributed by atoms with Crippen LogP contribution in [0.3, 0.4) is 0 Å². The number of hydrogen-bond acceptors (Lipinski definition) is 3. The van der Waals surface area contributed by atoms with Crippen LogP contribution in [0.4, 0.5) is 5.69 Å². The second kappa shape index (κ2) is 5.70. The standard InChI is InChI=1S/C17H21N3O3/c1-12-14(18-16(22)17(23)10-6-7-11-17)15(21)20(19(12)2)13-8-4-3-5-9-13/h3-5,8-9,23H,6-7,10-11H2,1-2H3,(H,18,22). The van der Waals surface area contributed by atoms with Gasteiger partial charge in [-0.2, -0.15) is 0 Å². The highest BCUT2D eigenvalue weighted by atomic mass is 16.3. The fourth-order valence-electron chi connectivity index (χ4n) is 3.13. The molecule has 1 fully saturated rings. The molecular formula is C17H21N3O3. The zero-order valence-corrected chi connectivity index (χ0v) is 13.4. The molecule has 0 atom stereocenters. The topological polar surface area (TPSA) is 76.3 Å². The first-order valence-corrected chi connectivity index (χ1v) is 7.82. The molecule has 0 bridgehead atoms. The summed E-state index contributed by atoms with van der Waals surface area (Å²) in [6.07, 6.45) is 2.53. The molecule has 1 aliphatic carbocycles. The summed E-state index contributed by atoms with van der Waals surface area (Å²) in [4.78, 5) is 25.1. The van der Waals surface area contributed by atoms with Crippen LogP contribution in [0, 0.1) is 6.92 Å². The molecule has 0 aliphatic heterocycles. The van der Waals surface area contributed by atoms with E-state index in [-0.39, 0.29) is 11.2 Å². The van der Waals surface area contributed by atoms with E-state index in [1.165, 1.54) is 4.68 Å². The average Bonchev–Trinajstić information content (AvgIpc) is 3.07. The van der Waals surface area contributed by atoms with Crippen molar-refractivity contribution in [1.82, 2.24) is 9.36 Å². The number of aromatic nitrogens is 2. The maximum Gasteiger partial charge on any atom is 0.295 e. The number of aliphatic hydroxyl groups is 1. The number of amides is 1. The minimum Gasteiger partial charge on any atom is -0.380 e. The number of nitrogens with one attached hydrogen (secondary N) is 1. The number of anilines is 1. The van der Waals surface area contributed by atoms with Crippen LogP contribution in [0.5, 0.6) is 0 Å². The van der Waals surface area contributed by atoms with E-state index in [9.17, 15) is 14.7 Å². The maximum absolute atomic E-state index is 12.7. The molecule has 2 N–H and O–H groups in total. The molecule has 3 rings (SSSR count). The van der Waals surface area contributed by atoms with Gasteiger partial charge in [0.1, 0.15) is 11.3 Å². The Kier molecular flexibility index (Phi) is 3.85. The molecular weight excluding hydrogens is 294 g/mol. The predicted molar refractivity (Wildman–Crippen MR) is 87.8 cm³/mol. The summed E-state index contributed by atoms with van der Waals surface area (Å²) in [5.41, 5.74) is -0.0587. The summed E-state index contributed by atoms with van der Waals surface area (Å²) in [7, 11) is 1.77. The Morgan fingerprint density at radius 3 is 2.43 bits per heavy atom. The summed E-state index contributed by atoms with van der Waals surface area (Å²) in [6, 6.07) is 9.24. The van der Waals surface area contributed by atoms with Crippen molar-refractivity contribution in [3.8, 4) is 5.69 Å². The molecule has 0 radical (unpaired) electrons. The quantitative estimate of drug-likeness (QED) is 0.905. The molecule has 23 heavy (non-hydrogen) atoms. The van der Waals surface area contributed by atoms with Gasteiger partial charge in [0.2, 0.25) is 0 Å². The predicted octanol–water partition coefficient (Wildman–Crippen LogP) is 1.73. The molecule has 6 nitrogen and oxygen atoms in total. The van der Waals surface area contributed by atoms with E-state index < -0.39 is 11.5 Å². The minimum atomic E-state index is -1.35. The molecule has 1 amide bonds. The van der Waals surface area contributed by atoms with Crippen LogP contribution < -0.4 is 10.9 Å². The fraction of sp³-hybridized carbons (Fsp3) is 0.412. The normalized spacial score (nSPS) is 16.5. The second-order valence-corrected chi connectivity index (χ2v) is 6.13. The Bertz CT molecular complexity index is 783. The van der Waals surface area contributed by atoms with Gasteiger partial charge < -0.3 is 10.4 Å². The van der Waals surface area contributed by atoms with E-state index in [0.29, 0.717) is 18.5 Å². The molecule has 1 aliphatic rings. The average molecular weight is 315 g/mol. The lowest BCUT2D eigenvalue weighted by atomic mass is 10.0. The van der Waals surface area contributed by atoms with Gasteiger partial charge in [-0.15, -0.1) is 0 Å². The first kappa shape index (κ1) is 15.6. The number of hydrogen-bond donors (Lipinski definition) is 2. The van der Waals surface area contributed by atoms with Crippen molar-refractivity contribution in [3.63, 3.8) is 0 Å². The highest BCUT2D eigenvalue weighted by molar-refractivity contribution is 5.97. The molecule has 6 heteroatoms. The first-order chi connectivity index (χ1) is 10.9. The van der Waals surface area contributed by atoms with Gasteiger partial charge in [0, 0.05) is 7.05 Å². The van der Waals surface area contributed by atoms with Gasteiger partial charge in [0.25, 0.3) is 11.5 Å². The number of benzene rings is 1. The van der Waals surface area contributed by atoms with Crippen LogP contribution in [0.25, 0.3) is 5.69 Å². The molecule has 1 heterocycles. The molecule has 1 aromatic heterocycles. The summed E-state index contributed by atoms with van der Waals surface area (Å²) >= 11 is 0. The van der Waals surface area contributed by atoms with Crippen molar-refractivity contribution in [2.45, 2.75) is 38.2 Å². The smallest absolute Gasteiger partial charge is 0.295 e. The minimum absolute atomic E-state index is 0.224. The lowest BCUT2D eigenvalue weighted by molar-refractivity contribution is -0.133. The van der Waals surface area contributed by atoms with Gasteiger partial charge in [0.15, 0.2) is 0 Å². The van der Waals surface area contributed by atoms with Gasteiger partial charge in [-0.25, -0.2) is 4.68 Å². The molecule has 2 aromatic rings. The number of rotatable bonds is 3. The van der Waals surface area contributed by atoms with Crippen LogP contribution in [0.1, 0.15) is 31.4 Å². The largest absolute Gasteiger partial charge is 0.380 e. The van der Waals surface area contributed by atoms with E-state index in [1.54, 1.807) is 18.7 Å². The SMILES string of the molecule is Cc1c(NC(=O)C2(O)CCCC2)c(=O)n(-c2ccccc2)n1C. The lowest BCUT2D eigenvalue weighted by Gasteiger charge is -2.20. The van der Waals surface area contributed by atoms with E-state index in [1.807, 2.05) is 30.3 Å². The zero-order valence-electron chi connectivity index (χ0n) is 13.4. The van der Waals surface area contributed by atoms with Crippen LogP contribution >= 0.6 is 0 Å². The maximum atomic E-state index is 12.7. The van der Waals surface area contributed by atoms with Gasteiger partial charge >= 0.3 is 0 Å². The molecule has 122 valence electrons. The van der Waals surface area contributed by atoms with Crippen molar-refractivity contribution in [2.24, 2.45) is 7.05 Å². The van der Waals surface area contributed by atoms with E-state index in [0.717, 1.165) is 18.5 Å². The summed E-state index contributed by atoms with van der Waals surface area (Å²) in [5, 5.41) is 13.0. The van der Waals surface area contributed by atoms with Crippen LogP contribution in [0.15, 0.2) is 35.1 Å². The van der Waals surface area contributed by atoms with Crippen LogP contribution in [0.2, 0.25) is 0 Å². The molecule has 1 aromatic carbocycles. The molecule has 0 spiro atoms. The van der Waals surface area contributed by atoms with Crippen molar-refractivity contribution >= 4 is 11.6 Å². The third-order valence-corrected chi connectivity index (χ3v) is 4.65. The Hall–Kier alpha value is -2.34. The van der Waals surface area contributed by atoms with Crippen molar-refractivity contribution in [1.29, 1.82) is 0 Å². The van der Waals surface area contributed by atoms with E-state index in [2.05, 4.69) is 5.32 Å². The van der Waals surface area contributed by atoms with Gasteiger partial charge in [-0.05, 0) is 44.7 Å². The third kappa shape index (κ3) is 2.59. The summed E-state index contributed by atoms with van der Waals surface area (Å²) in [6.45, 7) is 1.77. The summed E-state index contributed by atoms with van der Waals surface area (Å²) in [5.74, 6) is -0.485. The number of para-hydroxylation sites is 1. The second-order valence-electron chi connectivity index (χ2n) is 6.13. The third-order valence-electron chi connectivity index (χ3n) is 4.65. The Labute approximate surface area is 134 Å². The number of carbonyl (C=O) groups is 1. The Balaban J connectivity index is 1.98. The van der Waals surface area contributed by atoms with Crippen molar-refractivity contribution in [3.05, 3.63) is 46.4 Å². The molecule has 1 saturated carbocycles. The van der Waals surface area contributed by atoms with Gasteiger partial charge in [0.05, 0.1) is 11.4 Å². The molecule has 0 saturated heterocycles. The van der Waals surface area contributed by atoms with Gasteiger partial charge in [-0.1, -0.05) is 18.2 Å². The van der Waals surface area contributed by atoms with Gasteiger partial charge in [-0.3, -0.25) is 14.3 Å². The fourth-order valence-corrected chi connectivity index (χ4v) is 3.13. The number of carbonyl (C=O) groups excluding carboxylic acids is 1. The van der Waals surface area contributed by atoms with Crippen molar-refractivity contribution in [2.75, 3.05) is 5.32 Å². The lowest BCUT2D eigenvalue weighted by Crippen LogP contribution is -2.41. The number of nitrogens with zero attached hydrogens (tertiary/aromatic N) is 2. The van der Waals surface area contributed by atoms with Crippen LogP contribution in [-0.4, -0.2) is 26.0 Å². The van der Waals surface area contributed by atoms with E-state index in [4.69, 9.17) is 0 Å². The monoisotopic (exact) mass is 315 g/mol. The van der Waals surface area contributed by atoms with Crippen molar-refractivity contribution < 1.29 is 9.90 Å². The highest BCUT2D eigenvalue weighted by Gasteiger charge is 2.39. The Morgan fingerprint density at radius 1 is 1.22 bits per heavy atom.